The third-order valence-corrected chi connectivity index (χ3v) is 4.46. The van der Waals surface area contributed by atoms with Gasteiger partial charge >= 0.3 is 0 Å². The molecule has 0 amide bonds. The van der Waals surface area contributed by atoms with Crippen LogP contribution in [0.2, 0.25) is 10.0 Å². The summed E-state index contributed by atoms with van der Waals surface area (Å²) in [6.07, 6.45) is 8.15. The maximum Gasteiger partial charge on any atom is 0.0804 e. The zero-order valence-corrected chi connectivity index (χ0v) is 12.1. The van der Waals surface area contributed by atoms with Gasteiger partial charge in [-0.1, -0.05) is 61.4 Å². The summed E-state index contributed by atoms with van der Waals surface area (Å²) >= 11 is 12.0. The summed E-state index contributed by atoms with van der Waals surface area (Å²) in [4.78, 5) is 0. The van der Waals surface area contributed by atoms with E-state index in [1.165, 1.54) is 32.1 Å². The first kappa shape index (κ1) is 14.2. The van der Waals surface area contributed by atoms with E-state index in [1.54, 1.807) is 12.1 Å². The molecule has 1 N–H and O–H groups in total. The van der Waals surface area contributed by atoms with Crippen molar-refractivity contribution in [3.8, 4) is 0 Å². The monoisotopic (exact) mass is 286 g/mol. The Labute approximate surface area is 119 Å². The molecule has 1 nitrogen and oxygen atoms in total. The molecule has 1 fully saturated rings. The van der Waals surface area contributed by atoms with Gasteiger partial charge in [-0.3, -0.25) is 0 Å². The molecule has 0 heterocycles. The van der Waals surface area contributed by atoms with Gasteiger partial charge in [-0.15, -0.1) is 0 Å². The fourth-order valence-electron chi connectivity index (χ4n) is 2.80. The summed E-state index contributed by atoms with van der Waals surface area (Å²) in [7, 11) is 0. The van der Waals surface area contributed by atoms with Crippen LogP contribution in [0.25, 0.3) is 0 Å². The van der Waals surface area contributed by atoms with Crippen molar-refractivity contribution in [2.75, 3.05) is 0 Å². The number of hydrogen-bond donors (Lipinski definition) is 1. The van der Waals surface area contributed by atoms with E-state index < -0.39 is 6.10 Å². The third-order valence-electron chi connectivity index (χ3n) is 3.89. The maximum atomic E-state index is 10.2. The lowest BCUT2D eigenvalue weighted by atomic mass is 9.85. The van der Waals surface area contributed by atoms with Gasteiger partial charge in [0.15, 0.2) is 0 Å². The van der Waals surface area contributed by atoms with Gasteiger partial charge in [0.1, 0.15) is 0 Å². The van der Waals surface area contributed by atoms with Crippen molar-refractivity contribution in [2.45, 2.75) is 51.0 Å². The summed E-state index contributed by atoms with van der Waals surface area (Å²) in [5.74, 6) is 0.791. The standard InChI is InChI=1S/C15H20Cl2O/c16-12-7-8-13(14(17)10-12)15(18)9-6-11-4-2-1-3-5-11/h7-8,10-11,15,18H,1-6,9H2. The quantitative estimate of drug-likeness (QED) is 0.787. The number of aliphatic hydroxyl groups excluding tert-OH is 1. The number of aliphatic hydroxyl groups is 1. The van der Waals surface area contributed by atoms with Crippen LogP contribution in [0, 0.1) is 5.92 Å². The van der Waals surface area contributed by atoms with Crippen molar-refractivity contribution in [1.29, 1.82) is 0 Å². The SMILES string of the molecule is OC(CCC1CCCCC1)c1ccc(Cl)cc1Cl. The summed E-state index contributed by atoms with van der Waals surface area (Å²) in [6, 6.07) is 5.31. The first-order valence-electron chi connectivity index (χ1n) is 6.80. The first-order valence-corrected chi connectivity index (χ1v) is 7.55. The molecule has 1 aliphatic carbocycles. The molecule has 2 rings (SSSR count). The van der Waals surface area contributed by atoms with Crippen molar-refractivity contribution < 1.29 is 5.11 Å². The Morgan fingerprint density at radius 3 is 2.56 bits per heavy atom. The van der Waals surface area contributed by atoms with Crippen LogP contribution in [-0.2, 0) is 0 Å². The Kier molecular flexibility index (Phi) is 5.35. The minimum Gasteiger partial charge on any atom is -0.388 e. The van der Waals surface area contributed by atoms with E-state index in [9.17, 15) is 5.11 Å². The van der Waals surface area contributed by atoms with E-state index in [-0.39, 0.29) is 0 Å². The van der Waals surface area contributed by atoms with Crippen LogP contribution >= 0.6 is 23.2 Å². The van der Waals surface area contributed by atoms with Crippen molar-refractivity contribution in [3.05, 3.63) is 33.8 Å². The van der Waals surface area contributed by atoms with Gasteiger partial charge in [0.2, 0.25) is 0 Å². The van der Waals surface area contributed by atoms with Crippen LogP contribution in [0.4, 0.5) is 0 Å². The van der Waals surface area contributed by atoms with Gasteiger partial charge in [0.05, 0.1) is 6.10 Å². The van der Waals surface area contributed by atoms with Gasteiger partial charge in [-0.2, -0.15) is 0 Å². The largest absolute Gasteiger partial charge is 0.388 e. The van der Waals surface area contributed by atoms with E-state index in [0.717, 1.165) is 24.3 Å². The molecule has 1 aromatic carbocycles. The summed E-state index contributed by atoms with van der Waals surface area (Å²) in [5, 5.41) is 11.4. The number of rotatable bonds is 4. The van der Waals surface area contributed by atoms with E-state index in [0.29, 0.717) is 10.0 Å². The van der Waals surface area contributed by atoms with E-state index >= 15 is 0 Å². The van der Waals surface area contributed by atoms with Crippen LogP contribution in [0.15, 0.2) is 18.2 Å². The highest BCUT2D eigenvalue weighted by Crippen LogP contribution is 2.33. The second kappa shape index (κ2) is 6.79. The molecule has 100 valence electrons. The lowest BCUT2D eigenvalue weighted by Crippen LogP contribution is -2.08. The minimum absolute atomic E-state index is 0.461. The van der Waals surface area contributed by atoms with E-state index in [1.807, 2.05) is 6.07 Å². The van der Waals surface area contributed by atoms with Gasteiger partial charge in [-0.25, -0.2) is 0 Å². The molecule has 0 aliphatic heterocycles. The molecule has 0 aromatic heterocycles. The highest BCUT2D eigenvalue weighted by Gasteiger charge is 2.17. The lowest BCUT2D eigenvalue weighted by Gasteiger charge is -2.23. The van der Waals surface area contributed by atoms with Crippen LogP contribution in [-0.4, -0.2) is 5.11 Å². The Morgan fingerprint density at radius 2 is 1.89 bits per heavy atom. The molecule has 0 radical (unpaired) electrons. The second-order valence-corrected chi connectivity index (χ2v) is 6.11. The average Bonchev–Trinajstić information content (AvgIpc) is 2.37. The number of halogens is 2. The summed E-state index contributed by atoms with van der Waals surface area (Å²) < 4.78 is 0. The lowest BCUT2D eigenvalue weighted by molar-refractivity contribution is 0.151. The summed E-state index contributed by atoms with van der Waals surface area (Å²) in [5.41, 5.74) is 0.803. The van der Waals surface area contributed by atoms with Crippen molar-refractivity contribution in [2.24, 2.45) is 5.92 Å². The van der Waals surface area contributed by atoms with Gasteiger partial charge in [-0.05, 0) is 36.5 Å². The molecular formula is C15H20Cl2O. The normalized spacial score (nSPS) is 18.8. The van der Waals surface area contributed by atoms with Crippen LogP contribution < -0.4 is 0 Å². The van der Waals surface area contributed by atoms with Crippen molar-refractivity contribution in [3.63, 3.8) is 0 Å². The Morgan fingerprint density at radius 1 is 1.17 bits per heavy atom. The second-order valence-electron chi connectivity index (χ2n) is 5.26. The number of hydrogen-bond acceptors (Lipinski definition) is 1. The zero-order chi connectivity index (χ0) is 13.0. The van der Waals surface area contributed by atoms with E-state index in [4.69, 9.17) is 23.2 Å². The summed E-state index contributed by atoms with van der Waals surface area (Å²) in [6.45, 7) is 0. The van der Waals surface area contributed by atoms with Gasteiger partial charge < -0.3 is 5.11 Å². The maximum absolute atomic E-state index is 10.2. The topological polar surface area (TPSA) is 20.2 Å². The predicted molar refractivity (Wildman–Crippen MR) is 77.2 cm³/mol. The smallest absolute Gasteiger partial charge is 0.0804 e. The third kappa shape index (κ3) is 3.88. The fourth-order valence-corrected chi connectivity index (χ4v) is 3.33. The molecule has 1 aromatic rings. The molecule has 0 saturated heterocycles. The highest BCUT2D eigenvalue weighted by atomic mass is 35.5. The van der Waals surface area contributed by atoms with Crippen LogP contribution in [0.5, 0.6) is 0 Å². The van der Waals surface area contributed by atoms with E-state index in [2.05, 4.69) is 0 Å². The minimum atomic E-state index is -0.461. The molecule has 1 atom stereocenters. The van der Waals surface area contributed by atoms with Gasteiger partial charge in [0, 0.05) is 10.0 Å². The predicted octanol–water partition coefficient (Wildman–Crippen LogP) is 5.39. The van der Waals surface area contributed by atoms with Crippen LogP contribution in [0.3, 0.4) is 0 Å². The molecule has 3 heteroatoms. The molecule has 0 spiro atoms. The fraction of sp³-hybridized carbons (Fsp3) is 0.600. The van der Waals surface area contributed by atoms with Gasteiger partial charge in [0.25, 0.3) is 0 Å². The molecule has 1 unspecified atom stereocenters. The Balaban J connectivity index is 1.88. The molecule has 18 heavy (non-hydrogen) atoms. The Bertz CT molecular complexity index is 386. The highest BCUT2D eigenvalue weighted by molar-refractivity contribution is 6.35. The van der Waals surface area contributed by atoms with Crippen molar-refractivity contribution >= 4 is 23.2 Å². The Hall–Kier alpha value is -0.240. The molecule has 1 saturated carbocycles. The number of benzene rings is 1. The molecular weight excluding hydrogens is 267 g/mol. The van der Waals surface area contributed by atoms with Crippen molar-refractivity contribution in [1.82, 2.24) is 0 Å². The molecule has 0 bridgehead atoms. The zero-order valence-electron chi connectivity index (χ0n) is 10.5. The first-order chi connectivity index (χ1) is 8.66. The molecule has 1 aliphatic rings. The average molecular weight is 287 g/mol. The van der Waals surface area contributed by atoms with Crippen LogP contribution in [0.1, 0.15) is 56.6 Å².